The first-order valence-electron chi connectivity index (χ1n) is 6.58. The molecule has 1 saturated heterocycles. The lowest BCUT2D eigenvalue weighted by Crippen LogP contribution is -2.62. The Kier molecular flexibility index (Phi) is 3.96. The maximum atomic E-state index is 11.1. The van der Waals surface area contributed by atoms with Gasteiger partial charge in [-0.05, 0) is 33.0 Å². The Morgan fingerprint density at radius 2 is 2.32 bits per heavy atom. The molecule has 5 heteroatoms. The summed E-state index contributed by atoms with van der Waals surface area (Å²) in [6.45, 7) is 6.66. The summed E-state index contributed by atoms with van der Waals surface area (Å²) in [6.07, 6.45) is 1.82. The lowest BCUT2D eigenvalue weighted by atomic mass is 9.93. The molecule has 106 valence electrons. The molecule has 2 heterocycles. The van der Waals surface area contributed by atoms with Gasteiger partial charge in [-0.25, -0.2) is 0 Å². The van der Waals surface area contributed by atoms with Crippen molar-refractivity contribution in [2.75, 3.05) is 20.1 Å². The van der Waals surface area contributed by atoms with Crippen LogP contribution >= 0.6 is 0 Å². The molecule has 0 saturated carbocycles. The zero-order valence-electron chi connectivity index (χ0n) is 11.8. The molecule has 0 spiro atoms. The minimum Gasteiger partial charge on any atom is -0.481 e. The van der Waals surface area contributed by atoms with E-state index in [0.29, 0.717) is 6.54 Å². The molecule has 1 unspecified atom stereocenters. The first-order chi connectivity index (χ1) is 8.88. The molecule has 1 fully saturated rings. The molecule has 1 atom stereocenters. The van der Waals surface area contributed by atoms with Crippen molar-refractivity contribution in [3.63, 3.8) is 0 Å². The zero-order valence-corrected chi connectivity index (χ0v) is 11.8. The Labute approximate surface area is 113 Å². The van der Waals surface area contributed by atoms with Crippen LogP contribution < -0.4 is 0 Å². The van der Waals surface area contributed by atoms with Gasteiger partial charge in [-0.1, -0.05) is 0 Å². The predicted molar refractivity (Wildman–Crippen MR) is 71.9 cm³/mol. The van der Waals surface area contributed by atoms with Gasteiger partial charge in [0.05, 0.1) is 19.2 Å². The minimum absolute atomic E-state index is 0.0105. The van der Waals surface area contributed by atoms with Crippen LogP contribution in [0.3, 0.4) is 0 Å². The zero-order chi connectivity index (χ0) is 14.0. The quantitative estimate of drug-likeness (QED) is 0.898. The average Bonchev–Trinajstić information content (AvgIpc) is 2.74. The fourth-order valence-electron chi connectivity index (χ4n) is 3.06. The molecular weight excluding hydrogens is 244 g/mol. The summed E-state index contributed by atoms with van der Waals surface area (Å²) in [7, 11) is 2.04. The molecule has 0 bridgehead atoms. The van der Waals surface area contributed by atoms with Crippen LogP contribution in [0.15, 0.2) is 22.8 Å². The molecule has 0 aliphatic carbocycles. The average molecular weight is 266 g/mol. The van der Waals surface area contributed by atoms with Crippen molar-refractivity contribution in [3.05, 3.63) is 24.2 Å². The van der Waals surface area contributed by atoms with Gasteiger partial charge in [-0.3, -0.25) is 9.69 Å². The summed E-state index contributed by atoms with van der Waals surface area (Å²) < 4.78 is 5.41. The molecule has 1 aromatic heterocycles. The van der Waals surface area contributed by atoms with Gasteiger partial charge in [0.25, 0.3) is 0 Å². The lowest BCUT2D eigenvalue weighted by Gasteiger charge is -2.50. The van der Waals surface area contributed by atoms with E-state index < -0.39 is 5.97 Å². The second-order valence-corrected chi connectivity index (χ2v) is 5.97. The Bertz CT molecular complexity index is 428. The van der Waals surface area contributed by atoms with Crippen LogP contribution in [0.4, 0.5) is 0 Å². The van der Waals surface area contributed by atoms with Crippen LogP contribution in [0.2, 0.25) is 0 Å². The number of nitrogens with zero attached hydrogens (tertiary/aromatic N) is 2. The van der Waals surface area contributed by atoms with E-state index in [2.05, 4.69) is 23.6 Å². The summed E-state index contributed by atoms with van der Waals surface area (Å²) in [5.41, 5.74) is -0.0695. The van der Waals surface area contributed by atoms with Gasteiger partial charge < -0.3 is 14.4 Å². The van der Waals surface area contributed by atoms with E-state index >= 15 is 0 Å². The second-order valence-electron chi connectivity index (χ2n) is 5.97. The van der Waals surface area contributed by atoms with Crippen molar-refractivity contribution in [2.45, 2.75) is 38.4 Å². The maximum absolute atomic E-state index is 11.1. The van der Waals surface area contributed by atoms with Crippen LogP contribution in [0.5, 0.6) is 0 Å². The molecule has 1 aliphatic heterocycles. The van der Waals surface area contributed by atoms with Gasteiger partial charge in [-0.2, -0.15) is 0 Å². The monoisotopic (exact) mass is 266 g/mol. The summed E-state index contributed by atoms with van der Waals surface area (Å²) in [5.74, 6) is 0.133. The summed E-state index contributed by atoms with van der Waals surface area (Å²) in [4.78, 5) is 15.5. The van der Waals surface area contributed by atoms with E-state index in [1.807, 2.05) is 19.2 Å². The number of carboxylic acids is 1. The van der Waals surface area contributed by atoms with Gasteiger partial charge in [0.15, 0.2) is 0 Å². The van der Waals surface area contributed by atoms with Crippen molar-refractivity contribution in [1.29, 1.82) is 0 Å². The van der Waals surface area contributed by atoms with Gasteiger partial charge in [-0.15, -0.1) is 0 Å². The molecular formula is C14H22N2O3. The molecule has 19 heavy (non-hydrogen) atoms. The van der Waals surface area contributed by atoms with Gasteiger partial charge in [0, 0.05) is 24.7 Å². The number of piperazine rings is 1. The van der Waals surface area contributed by atoms with Crippen molar-refractivity contribution in [2.24, 2.45) is 0 Å². The SMILES string of the molecule is CN1CC(CC(=O)O)N(Cc2ccco2)C(C)(C)C1. The summed E-state index contributed by atoms with van der Waals surface area (Å²) in [5, 5.41) is 9.10. The van der Waals surface area contributed by atoms with Gasteiger partial charge in [0.1, 0.15) is 5.76 Å². The van der Waals surface area contributed by atoms with Crippen molar-refractivity contribution in [3.8, 4) is 0 Å². The first kappa shape index (κ1) is 14.1. The number of hydrogen-bond donors (Lipinski definition) is 1. The van der Waals surface area contributed by atoms with E-state index in [0.717, 1.165) is 18.8 Å². The number of rotatable bonds is 4. The standard InChI is InChI=1S/C14H22N2O3/c1-14(2)10-15(3)8-11(7-13(17)18)16(14)9-12-5-4-6-19-12/h4-6,11H,7-10H2,1-3H3,(H,17,18). The third-order valence-electron chi connectivity index (χ3n) is 3.71. The highest BCUT2D eigenvalue weighted by molar-refractivity contribution is 5.67. The van der Waals surface area contributed by atoms with Gasteiger partial charge >= 0.3 is 5.97 Å². The number of furan rings is 1. The minimum atomic E-state index is -0.749. The Morgan fingerprint density at radius 3 is 2.89 bits per heavy atom. The second kappa shape index (κ2) is 5.35. The first-order valence-corrected chi connectivity index (χ1v) is 6.58. The normalized spacial score (nSPS) is 24.5. The van der Waals surface area contributed by atoms with Crippen LogP contribution in [0.1, 0.15) is 26.0 Å². The highest BCUT2D eigenvalue weighted by atomic mass is 16.4. The third-order valence-corrected chi connectivity index (χ3v) is 3.71. The fraction of sp³-hybridized carbons (Fsp3) is 0.643. The Morgan fingerprint density at radius 1 is 1.58 bits per heavy atom. The Balaban J connectivity index is 2.18. The number of hydrogen-bond acceptors (Lipinski definition) is 4. The number of carbonyl (C=O) groups is 1. The molecule has 0 aromatic carbocycles. The molecule has 2 rings (SSSR count). The van der Waals surface area contributed by atoms with Crippen molar-refractivity contribution >= 4 is 5.97 Å². The maximum Gasteiger partial charge on any atom is 0.304 e. The lowest BCUT2D eigenvalue weighted by molar-refractivity contribution is -0.140. The van der Waals surface area contributed by atoms with E-state index in [1.54, 1.807) is 6.26 Å². The molecule has 1 aromatic rings. The molecule has 1 aliphatic rings. The number of likely N-dealkylation sites (N-methyl/N-ethyl adjacent to an activating group) is 1. The van der Waals surface area contributed by atoms with Crippen molar-refractivity contribution < 1.29 is 14.3 Å². The molecule has 5 nitrogen and oxygen atoms in total. The topological polar surface area (TPSA) is 56.9 Å². The summed E-state index contributed by atoms with van der Waals surface area (Å²) >= 11 is 0. The largest absolute Gasteiger partial charge is 0.481 e. The van der Waals surface area contributed by atoms with E-state index in [4.69, 9.17) is 9.52 Å². The van der Waals surface area contributed by atoms with Gasteiger partial charge in [0.2, 0.25) is 0 Å². The van der Waals surface area contributed by atoms with Crippen LogP contribution in [-0.2, 0) is 11.3 Å². The van der Waals surface area contributed by atoms with E-state index in [9.17, 15) is 4.79 Å². The highest BCUT2D eigenvalue weighted by Gasteiger charge is 2.39. The fourth-order valence-corrected chi connectivity index (χ4v) is 3.06. The van der Waals surface area contributed by atoms with Crippen LogP contribution in [-0.4, -0.2) is 52.6 Å². The predicted octanol–water partition coefficient (Wildman–Crippen LogP) is 1.65. The molecule has 0 radical (unpaired) electrons. The van der Waals surface area contributed by atoms with Crippen LogP contribution in [0, 0.1) is 0 Å². The van der Waals surface area contributed by atoms with Crippen molar-refractivity contribution in [1.82, 2.24) is 9.80 Å². The number of carboxylic acid groups (broad SMARTS) is 1. The molecule has 1 N–H and O–H groups in total. The third kappa shape index (κ3) is 3.36. The van der Waals surface area contributed by atoms with E-state index in [-0.39, 0.29) is 18.0 Å². The highest BCUT2D eigenvalue weighted by Crippen LogP contribution is 2.28. The summed E-state index contributed by atoms with van der Waals surface area (Å²) in [6, 6.07) is 3.81. The smallest absolute Gasteiger partial charge is 0.304 e. The molecule has 0 amide bonds. The Hall–Kier alpha value is -1.33. The van der Waals surface area contributed by atoms with E-state index in [1.165, 1.54) is 0 Å². The number of aliphatic carboxylic acids is 1. The van der Waals surface area contributed by atoms with Crippen LogP contribution in [0.25, 0.3) is 0 Å².